The molecule has 0 spiro atoms. The van der Waals surface area contributed by atoms with Gasteiger partial charge in [-0.2, -0.15) is 0 Å². The van der Waals surface area contributed by atoms with Gasteiger partial charge in [0.1, 0.15) is 5.82 Å². The summed E-state index contributed by atoms with van der Waals surface area (Å²) < 4.78 is 13.0. The Morgan fingerprint density at radius 2 is 2.00 bits per heavy atom. The molecule has 1 nitrogen and oxygen atoms in total. The Bertz CT molecular complexity index is 391. The van der Waals surface area contributed by atoms with Crippen LogP contribution >= 0.6 is 11.6 Å². The van der Waals surface area contributed by atoms with Gasteiger partial charge >= 0.3 is 0 Å². The van der Waals surface area contributed by atoms with Gasteiger partial charge in [-0.3, -0.25) is 0 Å². The van der Waals surface area contributed by atoms with Gasteiger partial charge in [-0.1, -0.05) is 17.7 Å². The van der Waals surface area contributed by atoms with Crippen LogP contribution in [0.2, 0.25) is 5.02 Å². The SMILES string of the molecule is CC(C)(N)C1(c2ccc(F)c(Cl)c2)CC1. The normalized spacial score (nSPS) is 19.0. The average Bonchev–Trinajstić information content (AvgIpc) is 2.88. The molecule has 1 aromatic carbocycles. The number of benzene rings is 1. The lowest BCUT2D eigenvalue weighted by Crippen LogP contribution is -2.45. The minimum atomic E-state index is -0.369. The van der Waals surface area contributed by atoms with Gasteiger partial charge < -0.3 is 5.73 Å². The standard InChI is InChI=1S/C12H15ClFN/c1-11(2,15)12(5-6-12)8-3-4-10(14)9(13)7-8/h3-4,7H,5-6,15H2,1-2H3. The fourth-order valence-corrected chi connectivity index (χ4v) is 2.40. The molecule has 0 radical (unpaired) electrons. The van der Waals surface area contributed by atoms with Crippen LogP contribution in [0.1, 0.15) is 32.3 Å². The van der Waals surface area contributed by atoms with E-state index in [4.69, 9.17) is 17.3 Å². The molecule has 0 aliphatic heterocycles. The Kier molecular flexibility index (Phi) is 2.32. The summed E-state index contributed by atoms with van der Waals surface area (Å²) in [6.07, 6.45) is 2.11. The third-order valence-electron chi connectivity index (χ3n) is 3.46. The molecule has 0 heterocycles. The number of nitrogens with two attached hydrogens (primary N) is 1. The van der Waals surface area contributed by atoms with E-state index in [1.54, 1.807) is 12.1 Å². The van der Waals surface area contributed by atoms with E-state index in [9.17, 15) is 4.39 Å². The predicted octanol–water partition coefficient (Wildman–Crippen LogP) is 3.25. The molecule has 15 heavy (non-hydrogen) atoms. The topological polar surface area (TPSA) is 26.0 Å². The largest absolute Gasteiger partial charge is 0.325 e. The van der Waals surface area contributed by atoms with Gasteiger partial charge in [-0.15, -0.1) is 0 Å². The second-order valence-electron chi connectivity index (χ2n) is 4.93. The van der Waals surface area contributed by atoms with Crippen LogP contribution in [0.4, 0.5) is 4.39 Å². The van der Waals surface area contributed by atoms with Crippen LogP contribution in [0.15, 0.2) is 18.2 Å². The molecule has 1 fully saturated rings. The van der Waals surface area contributed by atoms with Gasteiger partial charge in [0.2, 0.25) is 0 Å². The molecule has 3 heteroatoms. The van der Waals surface area contributed by atoms with Gasteiger partial charge in [0.05, 0.1) is 5.02 Å². The van der Waals surface area contributed by atoms with Crippen molar-refractivity contribution in [2.45, 2.75) is 37.6 Å². The maximum absolute atomic E-state index is 13.0. The summed E-state index contributed by atoms with van der Waals surface area (Å²) in [6, 6.07) is 4.92. The van der Waals surface area contributed by atoms with Gasteiger partial charge in [-0.25, -0.2) is 4.39 Å². The monoisotopic (exact) mass is 227 g/mol. The predicted molar refractivity (Wildman–Crippen MR) is 60.6 cm³/mol. The lowest BCUT2D eigenvalue weighted by atomic mass is 9.79. The van der Waals surface area contributed by atoms with Crippen molar-refractivity contribution in [3.63, 3.8) is 0 Å². The Morgan fingerprint density at radius 3 is 2.40 bits per heavy atom. The first kappa shape index (κ1) is 10.9. The highest BCUT2D eigenvalue weighted by Crippen LogP contribution is 2.55. The van der Waals surface area contributed by atoms with Gasteiger partial charge in [0, 0.05) is 11.0 Å². The molecule has 0 aromatic heterocycles. The van der Waals surface area contributed by atoms with Crippen molar-refractivity contribution >= 4 is 11.6 Å². The second-order valence-corrected chi connectivity index (χ2v) is 5.34. The fourth-order valence-electron chi connectivity index (χ4n) is 2.22. The Hall–Kier alpha value is -0.600. The fraction of sp³-hybridized carbons (Fsp3) is 0.500. The molecular weight excluding hydrogens is 213 g/mol. The summed E-state index contributed by atoms with van der Waals surface area (Å²) in [5.41, 5.74) is 6.92. The van der Waals surface area contributed by atoms with E-state index in [0.29, 0.717) is 0 Å². The summed E-state index contributed by atoms with van der Waals surface area (Å²) in [5, 5.41) is 0.183. The maximum atomic E-state index is 13.0. The van der Waals surface area contributed by atoms with Crippen LogP contribution < -0.4 is 5.73 Å². The Balaban J connectivity index is 2.43. The average molecular weight is 228 g/mol. The zero-order valence-corrected chi connectivity index (χ0v) is 9.74. The van der Waals surface area contributed by atoms with Crippen LogP contribution in [0.3, 0.4) is 0 Å². The molecule has 82 valence electrons. The van der Waals surface area contributed by atoms with E-state index in [2.05, 4.69) is 0 Å². The number of halogens is 2. The molecule has 1 aliphatic rings. The zero-order valence-electron chi connectivity index (χ0n) is 8.98. The van der Waals surface area contributed by atoms with Gasteiger partial charge in [0.25, 0.3) is 0 Å². The molecule has 1 aliphatic carbocycles. The summed E-state index contributed by atoms with van der Waals surface area (Å²) in [7, 11) is 0. The molecule has 0 amide bonds. The summed E-state index contributed by atoms with van der Waals surface area (Å²) in [4.78, 5) is 0. The first-order chi connectivity index (χ1) is 6.87. The van der Waals surface area contributed by atoms with E-state index >= 15 is 0 Å². The minimum Gasteiger partial charge on any atom is -0.325 e. The van der Waals surface area contributed by atoms with E-state index < -0.39 is 0 Å². The highest BCUT2D eigenvalue weighted by molar-refractivity contribution is 6.30. The van der Waals surface area contributed by atoms with Crippen molar-refractivity contribution in [1.29, 1.82) is 0 Å². The maximum Gasteiger partial charge on any atom is 0.141 e. The molecule has 0 unspecified atom stereocenters. The third-order valence-corrected chi connectivity index (χ3v) is 3.75. The van der Waals surface area contributed by atoms with E-state index in [1.165, 1.54) is 6.07 Å². The van der Waals surface area contributed by atoms with Gasteiger partial charge in [0.15, 0.2) is 0 Å². The molecule has 0 bridgehead atoms. The van der Waals surface area contributed by atoms with Crippen molar-refractivity contribution in [2.75, 3.05) is 0 Å². The van der Waals surface area contributed by atoms with Crippen LogP contribution in [0, 0.1) is 5.82 Å². The number of hydrogen-bond donors (Lipinski definition) is 1. The third kappa shape index (κ3) is 1.66. The first-order valence-corrected chi connectivity index (χ1v) is 5.49. The van der Waals surface area contributed by atoms with Crippen LogP contribution in [-0.2, 0) is 5.41 Å². The molecule has 0 atom stereocenters. The van der Waals surface area contributed by atoms with Crippen LogP contribution in [0.25, 0.3) is 0 Å². The number of rotatable bonds is 2. The molecule has 2 rings (SSSR count). The van der Waals surface area contributed by atoms with Crippen molar-refractivity contribution in [1.82, 2.24) is 0 Å². The Labute approximate surface area is 94.4 Å². The Morgan fingerprint density at radius 1 is 1.40 bits per heavy atom. The highest BCUT2D eigenvalue weighted by atomic mass is 35.5. The van der Waals surface area contributed by atoms with E-state index in [1.807, 2.05) is 13.8 Å². The van der Waals surface area contributed by atoms with Crippen molar-refractivity contribution in [3.05, 3.63) is 34.6 Å². The van der Waals surface area contributed by atoms with Crippen molar-refractivity contribution in [3.8, 4) is 0 Å². The lowest BCUT2D eigenvalue weighted by Gasteiger charge is -2.31. The molecule has 2 N–H and O–H groups in total. The second kappa shape index (κ2) is 3.19. The molecule has 0 saturated heterocycles. The van der Waals surface area contributed by atoms with E-state index in [-0.39, 0.29) is 21.8 Å². The molecule has 1 aromatic rings. The summed E-state index contributed by atoms with van der Waals surface area (Å²) in [6.45, 7) is 4.02. The van der Waals surface area contributed by atoms with Crippen molar-refractivity contribution in [2.24, 2.45) is 5.73 Å². The minimum absolute atomic E-state index is 0.00958. The quantitative estimate of drug-likeness (QED) is 0.825. The van der Waals surface area contributed by atoms with E-state index in [0.717, 1.165) is 18.4 Å². The molecular formula is C12H15ClFN. The highest BCUT2D eigenvalue weighted by Gasteiger charge is 2.53. The number of hydrogen-bond acceptors (Lipinski definition) is 1. The van der Waals surface area contributed by atoms with Crippen molar-refractivity contribution < 1.29 is 4.39 Å². The smallest absolute Gasteiger partial charge is 0.141 e. The first-order valence-electron chi connectivity index (χ1n) is 5.11. The summed E-state index contributed by atoms with van der Waals surface area (Å²) >= 11 is 5.78. The molecule has 1 saturated carbocycles. The zero-order chi connectivity index (χ0) is 11.3. The van der Waals surface area contributed by atoms with Gasteiger partial charge in [-0.05, 0) is 44.4 Å². The van der Waals surface area contributed by atoms with Crippen LogP contribution in [0.5, 0.6) is 0 Å². The lowest BCUT2D eigenvalue weighted by molar-refractivity contribution is 0.391. The van der Waals surface area contributed by atoms with Crippen LogP contribution in [-0.4, -0.2) is 5.54 Å². The summed E-state index contributed by atoms with van der Waals surface area (Å²) in [5.74, 6) is -0.369.